The smallest absolute Gasteiger partial charge is 0.216 e. The first-order chi connectivity index (χ1) is 10.8. The zero-order chi connectivity index (χ0) is 15.6. The van der Waals surface area contributed by atoms with Gasteiger partial charge in [-0.2, -0.15) is 0 Å². The Morgan fingerprint density at radius 3 is 2.64 bits per heavy atom. The molecule has 0 N–H and O–H groups in total. The predicted molar refractivity (Wildman–Crippen MR) is 94.0 cm³/mol. The van der Waals surface area contributed by atoms with Crippen molar-refractivity contribution >= 4 is 16.7 Å². The van der Waals surface area contributed by atoms with Crippen molar-refractivity contribution in [1.82, 2.24) is 0 Å². The van der Waals surface area contributed by atoms with Crippen LogP contribution >= 0.6 is 0 Å². The zero-order valence-corrected chi connectivity index (χ0v) is 14.3. The summed E-state index contributed by atoms with van der Waals surface area (Å²) < 4.78 is 17.8. The van der Waals surface area contributed by atoms with Gasteiger partial charge in [0.1, 0.15) is 6.61 Å². The van der Waals surface area contributed by atoms with Crippen LogP contribution in [0, 0.1) is 0 Å². The maximum atomic E-state index is 12.1. The van der Waals surface area contributed by atoms with Crippen molar-refractivity contribution in [2.75, 3.05) is 18.1 Å². The lowest BCUT2D eigenvalue weighted by Gasteiger charge is -2.05. The molecule has 0 aromatic heterocycles. The summed E-state index contributed by atoms with van der Waals surface area (Å²) in [7, 11) is -0.775. The van der Waals surface area contributed by atoms with E-state index in [1.54, 1.807) is 0 Å². The molecule has 1 aromatic carbocycles. The highest BCUT2D eigenvalue weighted by Crippen LogP contribution is 2.13. The van der Waals surface area contributed by atoms with Crippen LogP contribution < -0.4 is 0 Å². The van der Waals surface area contributed by atoms with Crippen LogP contribution in [0.25, 0.3) is 0 Å². The van der Waals surface area contributed by atoms with Crippen molar-refractivity contribution in [2.45, 2.75) is 51.5 Å². The Morgan fingerprint density at radius 1 is 1.14 bits per heavy atom. The summed E-state index contributed by atoms with van der Waals surface area (Å²) in [5, 5.41) is 0. The van der Waals surface area contributed by atoms with Crippen LogP contribution in [0.15, 0.2) is 35.3 Å². The fraction of sp³-hybridized carbons (Fsp3) is 0.611. The van der Waals surface area contributed by atoms with E-state index in [1.165, 1.54) is 32.1 Å². The molecule has 0 aliphatic carbocycles. The third-order valence-corrected chi connectivity index (χ3v) is 5.34. The fourth-order valence-electron chi connectivity index (χ4n) is 2.58. The van der Waals surface area contributed by atoms with Gasteiger partial charge >= 0.3 is 0 Å². The molecule has 0 unspecified atom stereocenters. The quantitative estimate of drug-likeness (QED) is 0.612. The number of unbranched alkanes of at least 4 members (excludes halogenated alkanes) is 5. The molecular formula is C18H27NO2S. The Bertz CT molecular complexity index is 487. The molecule has 0 radical (unpaired) electrons. The summed E-state index contributed by atoms with van der Waals surface area (Å²) in [6, 6.07) is 9.97. The second kappa shape index (κ2) is 9.78. The highest BCUT2D eigenvalue weighted by molar-refractivity contribution is 7.85. The molecule has 4 heteroatoms. The van der Waals surface area contributed by atoms with Crippen molar-refractivity contribution in [3.63, 3.8) is 0 Å². The Morgan fingerprint density at radius 2 is 1.86 bits per heavy atom. The molecule has 122 valence electrons. The Kier molecular flexibility index (Phi) is 7.64. The minimum absolute atomic E-state index is 0.0520. The number of ether oxygens (including phenoxy) is 1. The molecule has 1 aliphatic rings. The molecule has 1 aromatic rings. The minimum atomic E-state index is -0.775. The van der Waals surface area contributed by atoms with Crippen LogP contribution in [0.3, 0.4) is 0 Å². The molecule has 2 rings (SSSR count). The summed E-state index contributed by atoms with van der Waals surface area (Å²) in [5.74, 6) is 2.13. The van der Waals surface area contributed by atoms with Gasteiger partial charge in [-0.25, -0.2) is 4.99 Å². The number of nitrogens with zero attached hydrogens (tertiary/aromatic N) is 1. The van der Waals surface area contributed by atoms with E-state index in [0.717, 1.165) is 17.7 Å². The van der Waals surface area contributed by atoms with Crippen LogP contribution in [0.4, 0.5) is 0 Å². The summed E-state index contributed by atoms with van der Waals surface area (Å²) in [4.78, 5) is 4.57. The topological polar surface area (TPSA) is 38.7 Å². The molecule has 1 aliphatic heterocycles. The maximum absolute atomic E-state index is 12.1. The summed E-state index contributed by atoms with van der Waals surface area (Å²) >= 11 is 0. The lowest BCUT2D eigenvalue weighted by Crippen LogP contribution is -2.18. The third kappa shape index (κ3) is 5.91. The minimum Gasteiger partial charge on any atom is -0.475 e. The lowest BCUT2D eigenvalue weighted by atomic mass is 10.1. The van der Waals surface area contributed by atoms with E-state index in [9.17, 15) is 4.21 Å². The first kappa shape index (κ1) is 17.2. The van der Waals surface area contributed by atoms with Crippen LogP contribution in [0.2, 0.25) is 0 Å². The fourth-order valence-corrected chi connectivity index (χ4v) is 3.87. The van der Waals surface area contributed by atoms with Gasteiger partial charge in [-0.05, 0) is 18.6 Å². The average molecular weight is 321 g/mol. The van der Waals surface area contributed by atoms with Crippen LogP contribution in [0.1, 0.15) is 51.0 Å². The van der Waals surface area contributed by atoms with Gasteiger partial charge in [0.2, 0.25) is 5.90 Å². The van der Waals surface area contributed by atoms with Crippen molar-refractivity contribution in [1.29, 1.82) is 0 Å². The van der Waals surface area contributed by atoms with Crippen molar-refractivity contribution in [3.05, 3.63) is 35.9 Å². The predicted octanol–water partition coefficient (Wildman–Crippen LogP) is 3.94. The molecule has 0 fully saturated rings. The molecule has 3 nitrogen and oxygen atoms in total. The third-order valence-electron chi connectivity index (χ3n) is 3.84. The van der Waals surface area contributed by atoms with Crippen LogP contribution in [-0.4, -0.2) is 34.3 Å². The summed E-state index contributed by atoms with van der Waals surface area (Å²) in [6.45, 7) is 2.79. The first-order valence-electron chi connectivity index (χ1n) is 8.40. The van der Waals surface area contributed by atoms with Gasteiger partial charge in [0.15, 0.2) is 0 Å². The van der Waals surface area contributed by atoms with Gasteiger partial charge in [0.05, 0.1) is 6.04 Å². The van der Waals surface area contributed by atoms with E-state index in [2.05, 4.69) is 11.9 Å². The first-order valence-corrected chi connectivity index (χ1v) is 9.89. The van der Waals surface area contributed by atoms with Crippen LogP contribution in [0.5, 0.6) is 0 Å². The van der Waals surface area contributed by atoms with Gasteiger partial charge in [-0.1, -0.05) is 57.2 Å². The number of hydrogen-bond acceptors (Lipinski definition) is 3. The highest BCUT2D eigenvalue weighted by atomic mass is 32.2. The standard InChI is InChI=1S/C18H27NO2S/c1-2-3-4-5-6-10-13-22(20)15-17-14-21-18(19-17)16-11-8-7-9-12-16/h7-9,11-12,17H,2-6,10,13-15H2,1H3/t17-,22+/m0/s1. The van der Waals surface area contributed by atoms with E-state index in [-0.39, 0.29) is 6.04 Å². The molecular weight excluding hydrogens is 294 g/mol. The molecule has 0 spiro atoms. The second-order valence-electron chi connectivity index (χ2n) is 5.84. The van der Waals surface area contributed by atoms with Crippen LogP contribution in [-0.2, 0) is 15.5 Å². The normalized spacial score (nSPS) is 18.8. The molecule has 0 amide bonds. The SMILES string of the molecule is CCCCCCCC[S@@](=O)C[C@@H]1COC(c2ccccc2)=N1. The van der Waals surface area contributed by atoms with Gasteiger partial charge in [0, 0.05) is 27.9 Å². The number of benzene rings is 1. The Labute approximate surface area is 136 Å². The summed E-state index contributed by atoms with van der Waals surface area (Å²) in [5.41, 5.74) is 1.01. The molecule has 22 heavy (non-hydrogen) atoms. The highest BCUT2D eigenvalue weighted by Gasteiger charge is 2.21. The zero-order valence-electron chi connectivity index (χ0n) is 13.5. The van der Waals surface area contributed by atoms with Crippen molar-refractivity contribution in [3.8, 4) is 0 Å². The van der Waals surface area contributed by atoms with Gasteiger partial charge in [-0.3, -0.25) is 4.21 Å². The van der Waals surface area contributed by atoms with Gasteiger partial charge in [0.25, 0.3) is 0 Å². The van der Waals surface area contributed by atoms with E-state index in [4.69, 9.17) is 4.74 Å². The molecule has 2 atom stereocenters. The van der Waals surface area contributed by atoms with E-state index in [1.807, 2.05) is 30.3 Å². The largest absolute Gasteiger partial charge is 0.475 e. The average Bonchev–Trinajstić information content (AvgIpc) is 3.00. The molecule has 0 bridgehead atoms. The van der Waals surface area contributed by atoms with Crippen molar-refractivity contribution in [2.24, 2.45) is 4.99 Å². The van der Waals surface area contributed by atoms with E-state index in [0.29, 0.717) is 18.3 Å². The second-order valence-corrected chi connectivity index (χ2v) is 7.46. The maximum Gasteiger partial charge on any atom is 0.216 e. The monoisotopic (exact) mass is 321 g/mol. The van der Waals surface area contributed by atoms with E-state index < -0.39 is 10.8 Å². The number of rotatable bonds is 10. The van der Waals surface area contributed by atoms with Crippen molar-refractivity contribution < 1.29 is 8.95 Å². The molecule has 0 saturated carbocycles. The van der Waals surface area contributed by atoms with Gasteiger partial charge < -0.3 is 4.74 Å². The Balaban J connectivity index is 1.66. The number of hydrogen-bond donors (Lipinski definition) is 0. The lowest BCUT2D eigenvalue weighted by molar-refractivity contribution is 0.325. The molecule has 1 heterocycles. The van der Waals surface area contributed by atoms with E-state index >= 15 is 0 Å². The molecule has 0 saturated heterocycles. The van der Waals surface area contributed by atoms with Gasteiger partial charge in [-0.15, -0.1) is 0 Å². The number of aliphatic imine (C=N–C) groups is 1. The Hall–Kier alpha value is -1.16. The summed E-state index contributed by atoms with van der Waals surface area (Å²) in [6.07, 6.45) is 7.44.